The number of halogens is 2. The molecule has 38 heavy (non-hydrogen) atoms. The van der Waals surface area contributed by atoms with Crippen LogP contribution in [0.5, 0.6) is 0 Å². The Morgan fingerprint density at radius 2 is 1.71 bits per heavy atom. The average molecular weight is 551 g/mol. The number of hydrogen-bond donors (Lipinski definition) is 1. The Morgan fingerprint density at radius 1 is 1.00 bits per heavy atom. The fourth-order valence-electron chi connectivity index (χ4n) is 3.76. The molecule has 0 radical (unpaired) electrons. The van der Waals surface area contributed by atoms with Gasteiger partial charge in [-0.05, 0) is 42.8 Å². The number of nitrogens with zero attached hydrogens (tertiary/aromatic N) is 5. The normalized spacial score (nSPS) is 11.9. The molecule has 3 aromatic rings. The first-order valence-electron chi connectivity index (χ1n) is 12.2. The Hall–Kier alpha value is -3.42. The summed E-state index contributed by atoms with van der Waals surface area (Å²) in [7, 11) is -2.37. The van der Waals surface area contributed by atoms with Crippen molar-refractivity contribution in [3.8, 4) is 11.5 Å². The van der Waals surface area contributed by atoms with E-state index in [1.54, 1.807) is 61.6 Å². The lowest BCUT2D eigenvalue weighted by Crippen LogP contribution is -2.45. The lowest BCUT2D eigenvalue weighted by molar-refractivity contribution is -0.109. The molecule has 0 saturated heterocycles. The summed E-state index contributed by atoms with van der Waals surface area (Å²) in [5.74, 6) is -0.801. The molecule has 0 spiro atoms. The number of para-hydroxylation sites is 1. The highest BCUT2D eigenvalue weighted by Crippen LogP contribution is 2.26. The molecule has 2 aromatic carbocycles. The SMILES string of the molecule is CCCN(CCNC=O)CCN(C)S(=O)(=O)N(Cc1ccc(-c2nnc(C(F)F)o2)cc1)c1ccccc1. The van der Waals surface area contributed by atoms with Gasteiger partial charge in [0, 0.05) is 38.8 Å². The molecule has 0 atom stereocenters. The molecule has 13 heteroatoms. The molecule has 0 saturated carbocycles. The third kappa shape index (κ3) is 7.79. The van der Waals surface area contributed by atoms with Gasteiger partial charge in [-0.2, -0.15) is 21.5 Å². The number of nitrogens with one attached hydrogen (secondary N) is 1. The van der Waals surface area contributed by atoms with Crippen molar-refractivity contribution in [1.29, 1.82) is 0 Å². The van der Waals surface area contributed by atoms with E-state index in [2.05, 4.69) is 20.4 Å². The van der Waals surface area contributed by atoms with Crippen molar-refractivity contribution < 1.29 is 26.4 Å². The standard InChI is InChI=1S/C25H32F2N6O4S/c1-3-14-32(15-13-28-19-34)17-16-31(2)38(35,36)33(22-7-5-4-6-8-22)18-20-9-11-21(12-10-20)24-29-30-25(37-24)23(26)27/h4-12,19,23H,3,13-18H2,1-2H3,(H,28,34). The minimum Gasteiger partial charge on any atom is -0.415 e. The molecular weight excluding hydrogens is 518 g/mol. The lowest BCUT2D eigenvalue weighted by atomic mass is 10.1. The molecule has 10 nitrogen and oxygen atoms in total. The molecule has 0 bridgehead atoms. The lowest BCUT2D eigenvalue weighted by Gasteiger charge is -2.31. The van der Waals surface area contributed by atoms with Gasteiger partial charge in [0.25, 0.3) is 5.89 Å². The van der Waals surface area contributed by atoms with Crippen LogP contribution in [0.25, 0.3) is 11.5 Å². The number of likely N-dealkylation sites (N-methyl/N-ethyl adjacent to an activating group) is 1. The van der Waals surface area contributed by atoms with Crippen molar-refractivity contribution >= 4 is 22.3 Å². The van der Waals surface area contributed by atoms with Crippen molar-refractivity contribution in [2.45, 2.75) is 26.3 Å². The topological polar surface area (TPSA) is 112 Å². The largest absolute Gasteiger partial charge is 0.415 e. The van der Waals surface area contributed by atoms with Gasteiger partial charge in [-0.1, -0.05) is 37.3 Å². The van der Waals surface area contributed by atoms with Crippen molar-refractivity contribution in [3.05, 3.63) is 66.1 Å². The maximum atomic E-state index is 13.7. The van der Waals surface area contributed by atoms with E-state index >= 15 is 0 Å². The summed E-state index contributed by atoms with van der Waals surface area (Å²) in [6, 6.07) is 15.4. The highest BCUT2D eigenvalue weighted by Gasteiger charge is 2.28. The van der Waals surface area contributed by atoms with Crippen molar-refractivity contribution in [2.24, 2.45) is 0 Å². The first-order chi connectivity index (χ1) is 18.3. The van der Waals surface area contributed by atoms with Gasteiger partial charge in [-0.25, -0.2) is 0 Å². The van der Waals surface area contributed by atoms with Crippen molar-refractivity contribution in [2.75, 3.05) is 44.1 Å². The summed E-state index contributed by atoms with van der Waals surface area (Å²) in [6.45, 7) is 4.74. The van der Waals surface area contributed by atoms with E-state index < -0.39 is 22.5 Å². The second-order valence-electron chi connectivity index (χ2n) is 8.53. The zero-order valence-corrected chi connectivity index (χ0v) is 22.2. The molecule has 0 aliphatic heterocycles. The number of benzene rings is 2. The van der Waals surface area contributed by atoms with Crippen LogP contribution in [-0.2, 0) is 21.5 Å². The number of aromatic nitrogens is 2. The van der Waals surface area contributed by atoms with Crippen LogP contribution in [0.2, 0.25) is 0 Å². The molecule has 3 rings (SSSR count). The van der Waals surface area contributed by atoms with Crippen LogP contribution in [0.15, 0.2) is 59.0 Å². The number of anilines is 1. The van der Waals surface area contributed by atoms with E-state index in [-0.39, 0.29) is 19.0 Å². The van der Waals surface area contributed by atoms with Gasteiger partial charge in [0.2, 0.25) is 12.3 Å². The van der Waals surface area contributed by atoms with Crippen LogP contribution >= 0.6 is 0 Å². The molecular formula is C25H32F2N6O4S. The van der Waals surface area contributed by atoms with Gasteiger partial charge in [0.1, 0.15) is 0 Å². The number of carbonyl (C=O) groups excluding carboxylic acids is 1. The van der Waals surface area contributed by atoms with Gasteiger partial charge in [-0.3, -0.25) is 9.10 Å². The molecule has 1 N–H and O–H groups in total. The van der Waals surface area contributed by atoms with Crippen LogP contribution in [-0.4, -0.2) is 74.0 Å². The van der Waals surface area contributed by atoms with Crippen LogP contribution in [0, 0.1) is 0 Å². The first-order valence-corrected chi connectivity index (χ1v) is 13.5. The van der Waals surface area contributed by atoms with Crippen LogP contribution < -0.4 is 9.62 Å². The number of amides is 1. The fourth-order valence-corrected chi connectivity index (χ4v) is 5.11. The molecule has 1 aromatic heterocycles. The Bertz CT molecular complexity index is 1240. The van der Waals surface area contributed by atoms with E-state index in [1.807, 2.05) is 6.92 Å². The zero-order valence-electron chi connectivity index (χ0n) is 21.3. The predicted molar refractivity (Wildman–Crippen MR) is 140 cm³/mol. The maximum Gasteiger partial charge on any atom is 0.314 e. The van der Waals surface area contributed by atoms with Gasteiger partial charge in [0.15, 0.2) is 0 Å². The zero-order chi connectivity index (χ0) is 27.5. The Balaban J connectivity index is 1.77. The fraction of sp³-hybridized carbons (Fsp3) is 0.400. The summed E-state index contributed by atoms with van der Waals surface area (Å²) in [5, 5.41) is 9.61. The second-order valence-corrected chi connectivity index (χ2v) is 10.5. The quantitative estimate of drug-likeness (QED) is 0.215. The minimum atomic E-state index is -3.91. The maximum absolute atomic E-state index is 13.7. The van der Waals surface area contributed by atoms with E-state index in [1.165, 1.54) is 8.61 Å². The molecule has 0 aliphatic carbocycles. The Labute approximate surface area is 221 Å². The molecule has 206 valence electrons. The molecule has 0 aliphatic rings. The van der Waals surface area contributed by atoms with E-state index in [0.717, 1.165) is 13.0 Å². The van der Waals surface area contributed by atoms with Crippen LogP contribution in [0.4, 0.5) is 14.5 Å². The highest BCUT2D eigenvalue weighted by atomic mass is 32.2. The van der Waals surface area contributed by atoms with Crippen molar-refractivity contribution in [1.82, 2.24) is 24.7 Å². The monoisotopic (exact) mass is 550 g/mol. The van der Waals surface area contributed by atoms with Gasteiger partial charge in [-0.15, -0.1) is 10.2 Å². The summed E-state index contributed by atoms with van der Waals surface area (Å²) >= 11 is 0. The Kier molecular flexibility index (Phi) is 10.7. The van der Waals surface area contributed by atoms with E-state index in [4.69, 9.17) is 4.42 Å². The number of carbonyl (C=O) groups is 1. The van der Waals surface area contributed by atoms with E-state index in [0.29, 0.717) is 42.9 Å². The minimum absolute atomic E-state index is 0.0425. The first kappa shape index (κ1) is 29.1. The number of alkyl halides is 2. The van der Waals surface area contributed by atoms with E-state index in [9.17, 15) is 22.0 Å². The molecule has 1 heterocycles. The highest BCUT2D eigenvalue weighted by molar-refractivity contribution is 7.90. The van der Waals surface area contributed by atoms with Crippen LogP contribution in [0.3, 0.4) is 0 Å². The molecule has 0 unspecified atom stereocenters. The second kappa shape index (κ2) is 13.9. The average Bonchev–Trinajstić information content (AvgIpc) is 3.42. The summed E-state index contributed by atoms with van der Waals surface area (Å²) in [4.78, 5) is 12.7. The summed E-state index contributed by atoms with van der Waals surface area (Å²) in [5.41, 5.74) is 1.62. The molecule has 0 fully saturated rings. The predicted octanol–water partition coefficient (Wildman–Crippen LogP) is 3.32. The summed E-state index contributed by atoms with van der Waals surface area (Å²) < 4.78 is 60.5. The smallest absolute Gasteiger partial charge is 0.314 e. The molecule has 1 amide bonds. The third-order valence-electron chi connectivity index (χ3n) is 5.80. The number of rotatable bonds is 16. The third-order valence-corrected chi connectivity index (χ3v) is 7.66. The number of hydrogen-bond acceptors (Lipinski definition) is 7. The van der Waals surface area contributed by atoms with Gasteiger partial charge >= 0.3 is 16.6 Å². The van der Waals surface area contributed by atoms with Gasteiger partial charge < -0.3 is 14.6 Å². The summed E-state index contributed by atoms with van der Waals surface area (Å²) in [6.07, 6.45) is -1.32. The van der Waals surface area contributed by atoms with Crippen molar-refractivity contribution in [3.63, 3.8) is 0 Å². The van der Waals surface area contributed by atoms with Gasteiger partial charge in [0.05, 0.1) is 12.2 Å². The van der Waals surface area contributed by atoms with Crippen LogP contribution in [0.1, 0.15) is 31.2 Å². The Morgan fingerprint density at radius 3 is 2.32 bits per heavy atom.